The molecule has 2 heterocycles. The van der Waals surface area contributed by atoms with E-state index in [4.69, 9.17) is 9.72 Å². The van der Waals surface area contributed by atoms with Crippen molar-refractivity contribution in [3.63, 3.8) is 0 Å². The molecule has 3 aromatic carbocycles. The molecule has 0 saturated heterocycles. The van der Waals surface area contributed by atoms with Gasteiger partial charge in [0.2, 0.25) is 0 Å². The van der Waals surface area contributed by atoms with Gasteiger partial charge in [-0.2, -0.15) is 10.2 Å². The van der Waals surface area contributed by atoms with E-state index in [2.05, 4.69) is 16.0 Å². The van der Waals surface area contributed by atoms with E-state index in [0.29, 0.717) is 53.1 Å². The van der Waals surface area contributed by atoms with Gasteiger partial charge in [-0.15, -0.1) is 0 Å². The van der Waals surface area contributed by atoms with Crippen LogP contribution in [0.25, 0.3) is 22.3 Å². The highest BCUT2D eigenvalue weighted by atomic mass is 19.1. The predicted molar refractivity (Wildman–Crippen MR) is 154 cm³/mol. The molecule has 0 radical (unpaired) electrons. The summed E-state index contributed by atoms with van der Waals surface area (Å²) in [5.41, 5.74) is 3.71. The predicted octanol–water partition coefficient (Wildman–Crippen LogP) is 6.64. The lowest BCUT2D eigenvalue weighted by Gasteiger charge is -2.16. The molecule has 6 rings (SSSR count). The fourth-order valence-corrected chi connectivity index (χ4v) is 5.22. The molecule has 1 aliphatic rings. The normalized spacial score (nSPS) is 13.5. The van der Waals surface area contributed by atoms with Crippen LogP contribution in [0, 0.1) is 35.3 Å². The number of aromatic carboxylic acids is 1. The number of hydrogen-bond donors (Lipinski definition) is 1. The molecule has 0 unspecified atom stereocenters. The number of hydrogen-bond acceptors (Lipinski definition) is 6. The van der Waals surface area contributed by atoms with Crippen LogP contribution in [0.5, 0.6) is 6.01 Å². The Balaban J connectivity index is 1.25. The molecular weight excluding hydrogens is 552 g/mol. The Morgan fingerprint density at radius 3 is 2.63 bits per heavy atom. The molecule has 1 N–H and O–H groups in total. The molecule has 2 aromatic heterocycles. The van der Waals surface area contributed by atoms with Crippen LogP contribution in [0.1, 0.15) is 52.1 Å². The molecule has 0 spiro atoms. The molecule has 0 atom stereocenters. The second-order valence-corrected chi connectivity index (χ2v) is 11.1. The van der Waals surface area contributed by atoms with E-state index in [9.17, 15) is 19.6 Å². The van der Waals surface area contributed by atoms with E-state index >= 15 is 4.39 Å². The summed E-state index contributed by atoms with van der Waals surface area (Å²) in [7, 11) is 0. The van der Waals surface area contributed by atoms with Gasteiger partial charge in [-0.25, -0.2) is 23.5 Å². The Morgan fingerprint density at radius 1 is 1.07 bits per heavy atom. The third-order valence-electron chi connectivity index (χ3n) is 7.85. The number of imidazole rings is 1. The van der Waals surface area contributed by atoms with Gasteiger partial charge >= 0.3 is 12.0 Å². The number of nitriles is 1. The lowest BCUT2D eigenvalue weighted by atomic mass is 10.0. The van der Waals surface area contributed by atoms with E-state index in [1.54, 1.807) is 49.4 Å². The second-order valence-electron chi connectivity index (χ2n) is 11.1. The van der Waals surface area contributed by atoms with E-state index in [0.717, 1.165) is 18.4 Å². The van der Waals surface area contributed by atoms with Crippen LogP contribution in [0.4, 0.5) is 8.78 Å². The maximum absolute atomic E-state index is 15.5. The Morgan fingerprint density at radius 2 is 1.91 bits per heavy atom. The molecule has 8 nitrogen and oxygen atoms in total. The first-order valence-electron chi connectivity index (χ1n) is 13.8. The highest BCUT2D eigenvalue weighted by Gasteiger charge is 2.43. The highest BCUT2D eigenvalue weighted by molar-refractivity contribution is 5.92. The molecule has 5 aromatic rings. The lowest BCUT2D eigenvalue weighted by molar-refractivity contribution is 0.0697. The fraction of sp³-hybridized carbons (Fsp3) is 0.242. The SMILES string of the molecule is Cc1ccc(COc2nccc(-c3ccc(Cc4nc5ccc(C(=O)O)cc5n4CC4(CC#N)CC4)cc3F)n2)c(F)c1. The van der Waals surface area contributed by atoms with Gasteiger partial charge in [-0.05, 0) is 73.4 Å². The molecular formula is C33H27F2N5O3. The van der Waals surface area contributed by atoms with Crippen molar-refractivity contribution in [1.82, 2.24) is 19.5 Å². The topological polar surface area (TPSA) is 114 Å². The number of aryl methyl sites for hydroxylation is 1. The van der Waals surface area contributed by atoms with Crippen LogP contribution >= 0.6 is 0 Å². The van der Waals surface area contributed by atoms with Crippen molar-refractivity contribution >= 4 is 17.0 Å². The number of carboxylic acids is 1. The van der Waals surface area contributed by atoms with Crippen LogP contribution < -0.4 is 4.74 Å². The fourth-order valence-electron chi connectivity index (χ4n) is 5.22. The highest BCUT2D eigenvalue weighted by Crippen LogP contribution is 2.50. The number of rotatable bonds is 10. The van der Waals surface area contributed by atoms with Crippen LogP contribution in [0.2, 0.25) is 0 Å². The molecule has 1 aliphatic carbocycles. The minimum atomic E-state index is -1.03. The van der Waals surface area contributed by atoms with Gasteiger partial charge in [0.1, 0.15) is 24.1 Å². The number of ether oxygens (including phenoxy) is 1. The molecule has 43 heavy (non-hydrogen) atoms. The Labute approximate surface area is 246 Å². The van der Waals surface area contributed by atoms with Crippen molar-refractivity contribution in [3.8, 4) is 23.3 Å². The molecule has 1 fully saturated rings. The summed E-state index contributed by atoms with van der Waals surface area (Å²) in [5.74, 6) is -1.25. The van der Waals surface area contributed by atoms with Gasteiger partial charge in [0.15, 0.2) is 0 Å². The molecule has 0 amide bonds. The maximum Gasteiger partial charge on any atom is 0.335 e. The molecule has 0 bridgehead atoms. The summed E-state index contributed by atoms with van der Waals surface area (Å²) in [5, 5.41) is 18.9. The first kappa shape index (κ1) is 28.0. The van der Waals surface area contributed by atoms with Crippen LogP contribution in [-0.2, 0) is 19.6 Å². The Bertz CT molecular complexity index is 1910. The average molecular weight is 580 g/mol. The summed E-state index contributed by atoms with van der Waals surface area (Å²) in [4.78, 5) is 24.8. The van der Waals surface area contributed by atoms with Crippen molar-refractivity contribution in [2.45, 2.75) is 45.8 Å². The average Bonchev–Trinajstić information content (AvgIpc) is 3.66. The molecule has 1 saturated carbocycles. The van der Waals surface area contributed by atoms with Gasteiger partial charge in [-0.1, -0.05) is 18.2 Å². The number of carboxylic acid groups (broad SMARTS) is 1. The monoisotopic (exact) mass is 579 g/mol. The summed E-state index contributed by atoms with van der Waals surface area (Å²) in [6.45, 7) is 2.27. The zero-order valence-electron chi connectivity index (χ0n) is 23.3. The van der Waals surface area contributed by atoms with E-state index < -0.39 is 11.8 Å². The zero-order chi connectivity index (χ0) is 30.1. The lowest BCUT2D eigenvalue weighted by Crippen LogP contribution is -2.14. The molecule has 216 valence electrons. The standard InChI is InChI=1S/C33H27F2N5O3/c1-20-2-4-23(25(34)14-20)18-43-32-37-13-8-27(39-32)24-6-3-21(15-26(24)35)16-30-38-28-7-5-22(31(41)42)17-29(28)40(30)19-33(9-10-33)11-12-36/h2-8,13-15,17H,9-11,16,18-19H2,1H3,(H,41,42). The zero-order valence-corrected chi connectivity index (χ0v) is 23.3. The third-order valence-corrected chi connectivity index (χ3v) is 7.85. The van der Waals surface area contributed by atoms with Crippen molar-refractivity contribution in [3.05, 3.63) is 107 Å². The second kappa shape index (κ2) is 11.2. The van der Waals surface area contributed by atoms with Gasteiger partial charge in [0, 0.05) is 42.1 Å². The number of aromatic nitrogens is 4. The summed E-state index contributed by atoms with van der Waals surface area (Å²) in [6.07, 6.45) is 3.98. The number of benzene rings is 3. The largest absolute Gasteiger partial charge is 0.478 e. The summed E-state index contributed by atoms with van der Waals surface area (Å²) >= 11 is 0. The van der Waals surface area contributed by atoms with E-state index in [-0.39, 0.29) is 35.0 Å². The van der Waals surface area contributed by atoms with Gasteiger partial charge in [-0.3, -0.25) is 0 Å². The van der Waals surface area contributed by atoms with Gasteiger partial charge in [0.25, 0.3) is 0 Å². The Hall–Kier alpha value is -5.17. The summed E-state index contributed by atoms with van der Waals surface area (Å²) in [6, 6.07) is 18.3. The van der Waals surface area contributed by atoms with Gasteiger partial charge < -0.3 is 14.4 Å². The smallest absolute Gasteiger partial charge is 0.335 e. The van der Waals surface area contributed by atoms with E-state index in [1.165, 1.54) is 24.4 Å². The van der Waals surface area contributed by atoms with Gasteiger partial charge in [0.05, 0.1) is 28.4 Å². The van der Waals surface area contributed by atoms with Crippen LogP contribution in [-0.4, -0.2) is 30.6 Å². The van der Waals surface area contributed by atoms with Crippen molar-refractivity contribution in [1.29, 1.82) is 5.26 Å². The van der Waals surface area contributed by atoms with Crippen LogP contribution in [0.3, 0.4) is 0 Å². The van der Waals surface area contributed by atoms with Crippen molar-refractivity contribution in [2.75, 3.05) is 0 Å². The number of carbonyl (C=O) groups is 1. The minimum absolute atomic E-state index is 0.00164. The number of nitrogens with zero attached hydrogens (tertiary/aromatic N) is 5. The third kappa shape index (κ3) is 5.93. The number of halogens is 2. The van der Waals surface area contributed by atoms with E-state index in [1.807, 2.05) is 4.57 Å². The molecule has 10 heteroatoms. The minimum Gasteiger partial charge on any atom is -0.478 e. The van der Waals surface area contributed by atoms with Crippen molar-refractivity contribution in [2.24, 2.45) is 5.41 Å². The quantitative estimate of drug-likeness (QED) is 0.197. The molecule has 0 aliphatic heterocycles. The first-order chi connectivity index (χ1) is 20.7. The number of fused-ring (bicyclic) bond motifs is 1. The van der Waals surface area contributed by atoms with Crippen molar-refractivity contribution < 1.29 is 23.4 Å². The first-order valence-corrected chi connectivity index (χ1v) is 13.8. The Kier molecular flexibility index (Phi) is 7.32. The van der Waals surface area contributed by atoms with Crippen LogP contribution in [0.15, 0.2) is 66.9 Å². The maximum atomic E-state index is 15.5. The summed E-state index contributed by atoms with van der Waals surface area (Å²) < 4.78 is 37.2.